The summed E-state index contributed by atoms with van der Waals surface area (Å²) in [7, 11) is 0. The van der Waals surface area contributed by atoms with Crippen molar-refractivity contribution in [1.29, 1.82) is 0 Å². The molecule has 1 aromatic rings. The molecule has 5 heteroatoms. The number of alkyl halides is 2. The molecule has 1 rings (SSSR count). The lowest BCUT2D eigenvalue weighted by molar-refractivity contribution is 0.149. The number of aromatic nitrogens is 1. The third-order valence-corrected chi connectivity index (χ3v) is 1.73. The van der Waals surface area contributed by atoms with Crippen LogP contribution in [0.1, 0.15) is 23.4 Å². The topological polar surface area (TPSA) is 59.1 Å². The van der Waals surface area contributed by atoms with Gasteiger partial charge < -0.3 is 10.8 Å². The van der Waals surface area contributed by atoms with Crippen LogP contribution < -0.4 is 5.73 Å². The van der Waals surface area contributed by atoms with Crippen molar-refractivity contribution in [2.24, 2.45) is 5.73 Å². The number of pyridine rings is 1. The van der Waals surface area contributed by atoms with Gasteiger partial charge in [0, 0.05) is 12.1 Å². The zero-order valence-electron chi connectivity index (χ0n) is 7.09. The van der Waals surface area contributed by atoms with Gasteiger partial charge in [-0.15, -0.1) is 0 Å². The lowest BCUT2D eigenvalue weighted by atomic mass is 10.1. The first kappa shape index (κ1) is 9.85. The quantitative estimate of drug-likeness (QED) is 0.739. The van der Waals surface area contributed by atoms with Crippen molar-refractivity contribution in [2.75, 3.05) is 0 Å². The van der Waals surface area contributed by atoms with Gasteiger partial charge in [-0.1, -0.05) is 0 Å². The maximum atomic E-state index is 12.3. The van der Waals surface area contributed by atoms with Crippen LogP contribution >= 0.6 is 0 Å². The monoisotopic (exact) mass is 188 g/mol. The normalized spacial score (nSPS) is 10.8. The van der Waals surface area contributed by atoms with Gasteiger partial charge in [0.25, 0.3) is 6.43 Å². The Bertz CT molecular complexity index is 315. The second-order valence-corrected chi connectivity index (χ2v) is 2.63. The minimum atomic E-state index is -2.66. The molecule has 0 saturated heterocycles. The summed E-state index contributed by atoms with van der Waals surface area (Å²) in [4.78, 5) is 3.76. The van der Waals surface area contributed by atoms with Gasteiger partial charge in [0.05, 0.1) is 11.4 Å². The molecule has 0 bridgehead atoms. The van der Waals surface area contributed by atoms with E-state index >= 15 is 0 Å². The standard InChI is InChI=1S/C8H10F2N2O/c1-4-7(13)2-5(8(9)10)6(3-11)12-4/h2,8,13H,3,11H2,1H3. The van der Waals surface area contributed by atoms with E-state index in [1.807, 2.05) is 0 Å². The molecule has 0 aromatic carbocycles. The van der Waals surface area contributed by atoms with Crippen molar-refractivity contribution < 1.29 is 13.9 Å². The lowest BCUT2D eigenvalue weighted by Gasteiger charge is -2.08. The average molecular weight is 188 g/mol. The van der Waals surface area contributed by atoms with Crippen LogP contribution in [0.4, 0.5) is 8.78 Å². The molecule has 0 aliphatic heterocycles. The molecule has 3 N–H and O–H groups in total. The summed E-state index contributed by atoms with van der Waals surface area (Å²) in [5.74, 6) is -0.229. The maximum Gasteiger partial charge on any atom is 0.265 e. The number of nitrogens with two attached hydrogens (primary N) is 1. The second-order valence-electron chi connectivity index (χ2n) is 2.63. The lowest BCUT2D eigenvalue weighted by Crippen LogP contribution is -2.06. The van der Waals surface area contributed by atoms with Gasteiger partial charge in [0.15, 0.2) is 0 Å². The van der Waals surface area contributed by atoms with E-state index in [9.17, 15) is 8.78 Å². The smallest absolute Gasteiger partial charge is 0.265 e. The van der Waals surface area contributed by atoms with Crippen LogP contribution in [0.15, 0.2) is 6.07 Å². The number of halogens is 2. The summed E-state index contributed by atoms with van der Waals surface area (Å²) < 4.78 is 24.6. The van der Waals surface area contributed by atoms with Crippen LogP contribution in [0.5, 0.6) is 5.75 Å². The van der Waals surface area contributed by atoms with E-state index in [4.69, 9.17) is 10.8 Å². The third kappa shape index (κ3) is 1.92. The predicted molar refractivity (Wildman–Crippen MR) is 43.5 cm³/mol. The van der Waals surface area contributed by atoms with Gasteiger partial charge >= 0.3 is 0 Å². The van der Waals surface area contributed by atoms with E-state index in [1.54, 1.807) is 0 Å². The largest absolute Gasteiger partial charge is 0.506 e. The zero-order valence-corrected chi connectivity index (χ0v) is 7.09. The van der Waals surface area contributed by atoms with Crippen LogP contribution in [-0.4, -0.2) is 10.1 Å². The Morgan fingerprint density at radius 3 is 2.69 bits per heavy atom. The van der Waals surface area contributed by atoms with Gasteiger partial charge in [-0.25, -0.2) is 8.78 Å². The highest BCUT2D eigenvalue weighted by Gasteiger charge is 2.15. The molecule has 0 saturated carbocycles. The Kier molecular flexibility index (Phi) is 2.77. The average Bonchev–Trinajstić information content (AvgIpc) is 2.08. The first-order valence-electron chi connectivity index (χ1n) is 3.74. The number of nitrogens with zero attached hydrogens (tertiary/aromatic N) is 1. The fourth-order valence-electron chi connectivity index (χ4n) is 1.01. The van der Waals surface area contributed by atoms with Gasteiger partial charge in [-0.2, -0.15) is 0 Å². The zero-order chi connectivity index (χ0) is 10.0. The molecule has 72 valence electrons. The summed E-state index contributed by atoms with van der Waals surface area (Å²) >= 11 is 0. The van der Waals surface area contributed by atoms with Crippen LogP contribution in [-0.2, 0) is 6.54 Å². The van der Waals surface area contributed by atoms with E-state index in [1.165, 1.54) is 6.92 Å². The molecule has 1 aromatic heterocycles. The highest BCUT2D eigenvalue weighted by Crippen LogP contribution is 2.26. The predicted octanol–water partition coefficient (Wildman–Crippen LogP) is 1.49. The summed E-state index contributed by atoms with van der Waals surface area (Å²) in [5, 5.41) is 9.13. The summed E-state index contributed by atoms with van der Waals surface area (Å²) in [5.41, 5.74) is 5.37. The van der Waals surface area contributed by atoms with Crippen molar-refractivity contribution in [1.82, 2.24) is 4.98 Å². The molecule has 0 unspecified atom stereocenters. The fraction of sp³-hybridized carbons (Fsp3) is 0.375. The number of aromatic hydroxyl groups is 1. The van der Waals surface area contributed by atoms with Crippen molar-refractivity contribution in [3.8, 4) is 5.75 Å². The van der Waals surface area contributed by atoms with Crippen molar-refractivity contribution in [3.05, 3.63) is 23.0 Å². The molecule has 0 atom stereocenters. The molecule has 0 aliphatic rings. The molecule has 0 fully saturated rings. The molecule has 0 aliphatic carbocycles. The van der Waals surface area contributed by atoms with Gasteiger partial charge in [0.1, 0.15) is 5.75 Å². The van der Waals surface area contributed by atoms with Crippen LogP contribution in [0.2, 0.25) is 0 Å². The summed E-state index contributed by atoms with van der Waals surface area (Å²) in [6.45, 7) is 1.48. The van der Waals surface area contributed by atoms with Gasteiger partial charge in [-0.05, 0) is 13.0 Å². The van der Waals surface area contributed by atoms with E-state index in [0.29, 0.717) is 5.69 Å². The molecule has 0 spiro atoms. The molecular formula is C8H10F2N2O. The van der Waals surface area contributed by atoms with Crippen LogP contribution in [0.3, 0.4) is 0 Å². The van der Waals surface area contributed by atoms with Crippen molar-refractivity contribution >= 4 is 0 Å². The van der Waals surface area contributed by atoms with E-state index < -0.39 is 6.43 Å². The van der Waals surface area contributed by atoms with E-state index in [0.717, 1.165) is 6.07 Å². The summed E-state index contributed by atoms with van der Waals surface area (Å²) in [6, 6.07) is 1.01. The number of rotatable bonds is 2. The van der Waals surface area contributed by atoms with E-state index in [2.05, 4.69) is 4.98 Å². The highest BCUT2D eigenvalue weighted by atomic mass is 19.3. The Morgan fingerprint density at radius 1 is 1.62 bits per heavy atom. The Balaban J connectivity index is 3.25. The van der Waals surface area contributed by atoms with Gasteiger partial charge in [-0.3, -0.25) is 4.98 Å². The number of hydrogen-bond acceptors (Lipinski definition) is 3. The molecule has 13 heavy (non-hydrogen) atoms. The first-order valence-corrected chi connectivity index (χ1v) is 3.74. The second kappa shape index (κ2) is 3.66. The summed E-state index contributed by atoms with van der Waals surface area (Å²) in [6.07, 6.45) is -2.66. The Morgan fingerprint density at radius 2 is 2.23 bits per heavy atom. The van der Waals surface area contributed by atoms with Crippen molar-refractivity contribution in [3.63, 3.8) is 0 Å². The minimum absolute atomic E-state index is 0.0548. The van der Waals surface area contributed by atoms with Crippen LogP contribution in [0, 0.1) is 6.92 Å². The molecule has 0 amide bonds. The number of hydrogen-bond donors (Lipinski definition) is 2. The minimum Gasteiger partial charge on any atom is -0.506 e. The molecule has 0 radical (unpaired) electrons. The van der Waals surface area contributed by atoms with Gasteiger partial charge in [0.2, 0.25) is 0 Å². The molecular weight excluding hydrogens is 178 g/mol. The van der Waals surface area contributed by atoms with Crippen molar-refractivity contribution in [2.45, 2.75) is 19.9 Å². The van der Waals surface area contributed by atoms with Crippen LogP contribution in [0.25, 0.3) is 0 Å². The Hall–Kier alpha value is -1.23. The highest BCUT2D eigenvalue weighted by molar-refractivity contribution is 5.34. The van der Waals surface area contributed by atoms with E-state index in [-0.39, 0.29) is 23.6 Å². The third-order valence-electron chi connectivity index (χ3n) is 1.73. The first-order chi connectivity index (χ1) is 6.06. The SMILES string of the molecule is Cc1nc(CN)c(C(F)F)cc1O. The number of aryl methyl sites for hydroxylation is 1. The Labute approximate surface area is 74.2 Å². The maximum absolute atomic E-state index is 12.3. The molecule has 3 nitrogen and oxygen atoms in total. The molecule has 1 heterocycles. The fourth-order valence-corrected chi connectivity index (χ4v) is 1.01.